The summed E-state index contributed by atoms with van der Waals surface area (Å²) in [6, 6.07) is 6.76. The number of phenols is 2. The second kappa shape index (κ2) is 6.53. The Hall–Kier alpha value is -3.16. The van der Waals surface area contributed by atoms with Crippen molar-refractivity contribution in [2.45, 2.75) is 0 Å². The number of phenolic OH excluding ortho intramolecular Hbond substituents is 2. The smallest absolute Gasteiger partial charge is 0.321 e. The van der Waals surface area contributed by atoms with Crippen molar-refractivity contribution < 1.29 is 24.2 Å². The molecular weight excluding hydrogens is 314 g/mol. The molecule has 0 spiro atoms. The maximum Gasteiger partial charge on any atom is 0.321 e. The summed E-state index contributed by atoms with van der Waals surface area (Å²) in [6.45, 7) is 1.56. The van der Waals surface area contributed by atoms with Crippen LogP contribution in [-0.4, -0.2) is 58.1 Å². The number of nitrogens with one attached hydrogen (secondary N) is 1. The third-order valence-electron chi connectivity index (χ3n) is 3.74. The highest BCUT2D eigenvalue weighted by molar-refractivity contribution is 5.92. The number of amides is 3. The van der Waals surface area contributed by atoms with E-state index in [1.165, 1.54) is 24.5 Å². The van der Waals surface area contributed by atoms with Gasteiger partial charge in [-0.3, -0.25) is 4.79 Å². The van der Waals surface area contributed by atoms with Crippen molar-refractivity contribution in [2.75, 3.05) is 31.5 Å². The molecular formula is C16H17N3O5. The molecule has 3 rings (SSSR count). The van der Waals surface area contributed by atoms with E-state index in [9.17, 15) is 19.8 Å². The van der Waals surface area contributed by atoms with Crippen LogP contribution in [0.1, 0.15) is 10.6 Å². The molecule has 0 radical (unpaired) electrons. The van der Waals surface area contributed by atoms with Gasteiger partial charge in [0.05, 0.1) is 6.26 Å². The number of anilines is 1. The minimum Gasteiger partial charge on any atom is -0.508 e. The fourth-order valence-corrected chi connectivity index (χ4v) is 2.54. The van der Waals surface area contributed by atoms with Gasteiger partial charge in [0.25, 0.3) is 5.91 Å². The van der Waals surface area contributed by atoms with Crippen LogP contribution in [0, 0.1) is 0 Å². The van der Waals surface area contributed by atoms with Crippen LogP contribution in [0.4, 0.5) is 10.5 Å². The maximum atomic E-state index is 12.2. The lowest BCUT2D eigenvalue weighted by atomic mass is 10.2. The van der Waals surface area contributed by atoms with Crippen LogP contribution in [0.25, 0.3) is 0 Å². The lowest BCUT2D eigenvalue weighted by Crippen LogP contribution is -2.51. The van der Waals surface area contributed by atoms with E-state index in [2.05, 4.69) is 5.32 Å². The van der Waals surface area contributed by atoms with E-state index in [-0.39, 0.29) is 29.2 Å². The Morgan fingerprint density at radius 1 is 1.00 bits per heavy atom. The average Bonchev–Trinajstić information content (AvgIpc) is 3.07. The third-order valence-corrected chi connectivity index (χ3v) is 3.74. The van der Waals surface area contributed by atoms with Gasteiger partial charge in [-0.05, 0) is 12.1 Å². The molecule has 1 saturated heterocycles. The summed E-state index contributed by atoms with van der Waals surface area (Å²) in [7, 11) is 0. The van der Waals surface area contributed by atoms with Gasteiger partial charge in [0.2, 0.25) is 0 Å². The number of furan rings is 1. The van der Waals surface area contributed by atoms with E-state index < -0.39 is 0 Å². The van der Waals surface area contributed by atoms with Gasteiger partial charge in [0, 0.05) is 50.1 Å². The highest BCUT2D eigenvalue weighted by atomic mass is 16.3. The predicted octanol–water partition coefficient (Wildman–Crippen LogP) is 1.68. The van der Waals surface area contributed by atoms with Gasteiger partial charge >= 0.3 is 6.03 Å². The number of nitrogens with zero attached hydrogens (tertiary/aromatic N) is 2. The zero-order valence-electron chi connectivity index (χ0n) is 12.8. The molecule has 126 valence electrons. The van der Waals surface area contributed by atoms with Crippen LogP contribution >= 0.6 is 0 Å². The maximum absolute atomic E-state index is 12.2. The van der Waals surface area contributed by atoms with E-state index in [4.69, 9.17) is 4.42 Å². The number of aromatic hydroxyl groups is 2. The van der Waals surface area contributed by atoms with Crippen molar-refractivity contribution >= 4 is 17.6 Å². The SMILES string of the molecule is O=C(Nc1cc(O)cc(O)c1)N1CCN(C(=O)c2ccco2)CC1. The van der Waals surface area contributed by atoms with E-state index in [0.29, 0.717) is 31.9 Å². The predicted molar refractivity (Wildman–Crippen MR) is 85.0 cm³/mol. The van der Waals surface area contributed by atoms with Crippen molar-refractivity contribution in [3.8, 4) is 11.5 Å². The number of hydrogen-bond acceptors (Lipinski definition) is 5. The standard InChI is InChI=1S/C16H17N3O5/c20-12-8-11(9-13(21)10-12)17-16(23)19-5-3-18(4-6-19)15(22)14-2-1-7-24-14/h1-2,7-10,20-21H,3-6H2,(H,17,23). The Labute approximate surface area is 137 Å². The zero-order valence-corrected chi connectivity index (χ0v) is 12.8. The molecule has 3 N–H and O–H groups in total. The number of carbonyl (C=O) groups is 2. The van der Waals surface area contributed by atoms with Crippen LogP contribution < -0.4 is 5.32 Å². The second-order valence-corrected chi connectivity index (χ2v) is 5.42. The Balaban J connectivity index is 1.56. The zero-order chi connectivity index (χ0) is 17.1. The lowest BCUT2D eigenvalue weighted by Gasteiger charge is -2.34. The monoisotopic (exact) mass is 331 g/mol. The lowest BCUT2D eigenvalue weighted by molar-refractivity contribution is 0.0640. The van der Waals surface area contributed by atoms with Gasteiger partial charge in [0.15, 0.2) is 5.76 Å². The molecule has 8 nitrogen and oxygen atoms in total. The summed E-state index contributed by atoms with van der Waals surface area (Å²) in [6.07, 6.45) is 1.45. The Morgan fingerprint density at radius 2 is 1.62 bits per heavy atom. The van der Waals surface area contributed by atoms with Crippen molar-refractivity contribution in [1.29, 1.82) is 0 Å². The Kier molecular flexibility index (Phi) is 4.28. The van der Waals surface area contributed by atoms with Gasteiger partial charge in [-0.25, -0.2) is 4.79 Å². The van der Waals surface area contributed by atoms with E-state index in [1.807, 2.05) is 0 Å². The van der Waals surface area contributed by atoms with Crippen LogP contribution in [-0.2, 0) is 0 Å². The number of benzene rings is 1. The number of urea groups is 1. The van der Waals surface area contributed by atoms with Gasteiger partial charge in [-0.15, -0.1) is 0 Å². The molecule has 0 bridgehead atoms. The molecule has 24 heavy (non-hydrogen) atoms. The summed E-state index contributed by atoms with van der Waals surface area (Å²) in [5.74, 6) is -0.195. The first-order chi connectivity index (χ1) is 11.5. The Morgan fingerprint density at radius 3 is 2.21 bits per heavy atom. The van der Waals surface area contributed by atoms with Gasteiger partial charge in [-0.1, -0.05) is 0 Å². The number of carbonyl (C=O) groups excluding carboxylic acids is 2. The molecule has 1 aromatic heterocycles. The van der Waals surface area contributed by atoms with Crippen LogP contribution in [0.3, 0.4) is 0 Å². The van der Waals surface area contributed by atoms with Crippen LogP contribution in [0.2, 0.25) is 0 Å². The molecule has 0 unspecified atom stereocenters. The van der Waals surface area contributed by atoms with Crippen LogP contribution in [0.15, 0.2) is 41.0 Å². The largest absolute Gasteiger partial charge is 0.508 e. The minimum absolute atomic E-state index is 0.140. The average molecular weight is 331 g/mol. The van der Waals surface area contributed by atoms with Crippen LogP contribution in [0.5, 0.6) is 11.5 Å². The Bertz CT molecular complexity index is 716. The molecule has 1 fully saturated rings. The van der Waals surface area contributed by atoms with Crippen molar-refractivity contribution in [3.05, 3.63) is 42.4 Å². The van der Waals surface area contributed by atoms with E-state index >= 15 is 0 Å². The van der Waals surface area contributed by atoms with Crippen molar-refractivity contribution in [1.82, 2.24) is 9.80 Å². The fraction of sp³-hybridized carbons (Fsp3) is 0.250. The van der Waals surface area contributed by atoms with E-state index in [0.717, 1.165) is 0 Å². The molecule has 1 aliphatic rings. The molecule has 3 amide bonds. The summed E-state index contributed by atoms with van der Waals surface area (Å²) in [5.41, 5.74) is 0.298. The first kappa shape index (κ1) is 15.7. The molecule has 8 heteroatoms. The number of rotatable bonds is 2. The topological polar surface area (TPSA) is 106 Å². The normalized spacial score (nSPS) is 14.5. The fourth-order valence-electron chi connectivity index (χ4n) is 2.54. The summed E-state index contributed by atoms with van der Waals surface area (Å²) >= 11 is 0. The molecule has 2 heterocycles. The highest BCUT2D eigenvalue weighted by Crippen LogP contribution is 2.24. The van der Waals surface area contributed by atoms with E-state index in [1.54, 1.807) is 21.9 Å². The molecule has 1 aromatic carbocycles. The quantitative estimate of drug-likeness (QED) is 0.776. The first-order valence-electron chi connectivity index (χ1n) is 7.44. The molecule has 0 aliphatic carbocycles. The summed E-state index contributed by atoms with van der Waals surface area (Å²) in [5, 5.41) is 21.5. The second-order valence-electron chi connectivity index (χ2n) is 5.42. The number of piperazine rings is 1. The third kappa shape index (κ3) is 3.43. The first-order valence-corrected chi connectivity index (χ1v) is 7.44. The summed E-state index contributed by atoms with van der Waals surface area (Å²) in [4.78, 5) is 27.6. The van der Waals surface area contributed by atoms with Gasteiger partial charge in [0.1, 0.15) is 11.5 Å². The molecule has 1 aliphatic heterocycles. The minimum atomic E-state index is -0.356. The van der Waals surface area contributed by atoms with Gasteiger partial charge in [-0.2, -0.15) is 0 Å². The summed E-state index contributed by atoms with van der Waals surface area (Å²) < 4.78 is 5.09. The molecule has 2 aromatic rings. The van der Waals surface area contributed by atoms with Gasteiger partial charge < -0.3 is 29.7 Å². The molecule has 0 atom stereocenters. The van der Waals surface area contributed by atoms with Crippen molar-refractivity contribution in [3.63, 3.8) is 0 Å². The highest BCUT2D eigenvalue weighted by Gasteiger charge is 2.26. The van der Waals surface area contributed by atoms with Crippen molar-refractivity contribution in [2.24, 2.45) is 0 Å². The molecule has 0 saturated carbocycles. The number of hydrogen-bond donors (Lipinski definition) is 3.